The van der Waals surface area contributed by atoms with Crippen molar-refractivity contribution in [3.05, 3.63) is 65.5 Å². The molecule has 0 aliphatic carbocycles. The van der Waals surface area contributed by atoms with Crippen molar-refractivity contribution in [2.75, 3.05) is 13.2 Å². The van der Waals surface area contributed by atoms with Crippen LogP contribution in [-0.2, 0) is 4.74 Å². The molecule has 1 atom stereocenters. The molecule has 7 heteroatoms. The van der Waals surface area contributed by atoms with E-state index in [-0.39, 0.29) is 34.7 Å². The first-order chi connectivity index (χ1) is 13.6. The molecule has 2 N–H and O–H groups in total. The zero-order valence-corrected chi connectivity index (χ0v) is 15.0. The Hall–Kier alpha value is -3.19. The van der Waals surface area contributed by atoms with E-state index in [1.165, 1.54) is 36.4 Å². The molecular weight excluding hydrogens is 363 g/mol. The Morgan fingerprint density at radius 3 is 2.79 bits per heavy atom. The Morgan fingerprint density at radius 2 is 2.04 bits per heavy atom. The van der Waals surface area contributed by atoms with Gasteiger partial charge in [0.2, 0.25) is 5.55 Å². The summed E-state index contributed by atoms with van der Waals surface area (Å²) >= 11 is 0. The molecule has 0 unspecified atom stereocenters. The number of halogens is 1. The minimum Gasteiger partial charge on any atom is -0.508 e. The predicted octanol–water partition coefficient (Wildman–Crippen LogP) is 3.42. The van der Waals surface area contributed by atoms with Crippen LogP contribution in [0.2, 0.25) is 0 Å². The van der Waals surface area contributed by atoms with Crippen LogP contribution in [0.4, 0.5) is 10.1 Å². The lowest BCUT2D eigenvalue weighted by Crippen LogP contribution is -2.34. The van der Waals surface area contributed by atoms with Crippen molar-refractivity contribution in [2.45, 2.75) is 18.9 Å². The molecular formula is C21H19FN2O4. The molecule has 2 aromatic carbocycles. The van der Waals surface area contributed by atoms with E-state index in [0.29, 0.717) is 29.8 Å². The molecule has 1 aliphatic rings. The van der Waals surface area contributed by atoms with Crippen molar-refractivity contribution in [3.8, 4) is 5.75 Å². The fourth-order valence-electron chi connectivity index (χ4n) is 3.09. The van der Waals surface area contributed by atoms with E-state index in [4.69, 9.17) is 9.15 Å². The Morgan fingerprint density at radius 1 is 1.21 bits per heavy atom. The lowest BCUT2D eigenvalue weighted by Gasteiger charge is -2.11. The van der Waals surface area contributed by atoms with Gasteiger partial charge in [-0.05, 0) is 55.3 Å². The maximum atomic E-state index is 13.2. The maximum Gasteiger partial charge on any atom is 0.256 e. The van der Waals surface area contributed by atoms with Crippen LogP contribution >= 0.6 is 0 Å². The molecule has 1 amide bonds. The van der Waals surface area contributed by atoms with Crippen LogP contribution in [-0.4, -0.2) is 30.3 Å². The van der Waals surface area contributed by atoms with E-state index in [9.17, 15) is 14.3 Å². The molecule has 0 saturated carbocycles. The summed E-state index contributed by atoms with van der Waals surface area (Å²) in [6, 6.07) is 11.8. The molecule has 0 spiro atoms. The summed E-state index contributed by atoms with van der Waals surface area (Å²) in [7, 11) is 0. The summed E-state index contributed by atoms with van der Waals surface area (Å²) in [5.74, 6) is -0.677. The van der Waals surface area contributed by atoms with Gasteiger partial charge in [-0.25, -0.2) is 9.38 Å². The number of ether oxygens (including phenoxy) is 1. The average molecular weight is 382 g/mol. The summed E-state index contributed by atoms with van der Waals surface area (Å²) in [6.45, 7) is 1.11. The summed E-state index contributed by atoms with van der Waals surface area (Å²) in [5, 5.41) is 13.2. The van der Waals surface area contributed by atoms with Gasteiger partial charge < -0.3 is 19.6 Å². The van der Waals surface area contributed by atoms with Gasteiger partial charge in [0.25, 0.3) is 5.91 Å². The van der Waals surface area contributed by atoms with Crippen LogP contribution in [0.1, 0.15) is 23.2 Å². The molecule has 1 aliphatic heterocycles. The van der Waals surface area contributed by atoms with Gasteiger partial charge in [-0.1, -0.05) is 0 Å². The number of nitrogens with one attached hydrogen (secondary N) is 1. The van der Waals surface area contributed by atoms with Crippen molar-refractivity contribution in [1.82, 2.24) is 5.32 Å². The molecule has 3 aromatic rings. The minimum atomic E-state index is -0.381. The monoisotopic (exact) mass is 382 g/mol. The molecule has 4 rings (SSSR count). The van der Waals surface area contributed by atoms with Crippen molar-refractivity contribution in [1.29, 1.82) is 0 Å². The lowest BCUT2D eigenvalue weighted by atomic mass is 10.1. The third kappa shape index (κ3) is 4.04. The van der Waals surface area contributed by atoms with Crippen LogP contribution in [0.15, 0.2) is 57.9 Å². The predicted molar refractivity (Wildman–Crippen MR) is 101 cm³/mol. The number of hydrogen-bond donors (Lipinski definition) is 2. The van der Waals surface area contributed by atoms with Gasteiger partial charge in [-0.2, -0.15) is 0 Å². The van der Waals surface area contributed by atoms with Gasteiger partial charge in [-0.15, -0.1) is 0 Å². The van der Waals surface area contributed by atoms with Crippen molar-refractivity contribution in [2.24, 2.45) is 4.99 Å². The van der Waals surface area contributed by atoms with E-state index < -0.39 is 0 Å². The van der Waals surface area contributed by atoms with E-state index in [2.05, 4.69) is 10.3 Å². The third-order valence-electron chi connectivity index (χ3n) is 4.55. The molecule has 1 aromatic heterocycles. The van der Waals surface area contributed by atoms with Crippen LogP contribution in [0.3, 0.4) is 0 Å². The second-order valence-corrected chi connectivity index (χ2v) is 6.62. The third-order valence-corrected chi connectivity index (χ3v) is 4.55. The molecule has 1 fully saturated rings. The quantitative estimate of drug-likeness (QED) is 0.724. The summed E-state index contributed by atoms with van der Waals surface area (Å²) < 4.78 is 24.5. The average Bonchev–Trinajstić information content (AvgIpc) is 3.21. The van der Waals surface area contributed by atoms with Crippen LogP contribution in [0, 0.1) is 5.82 Å². The summed E-state index contributed by atoms with van der Waals surface area (Å²) in [6.07, 6.45) is 1.91. The van der Waals surface area contributed by atoms with Crippen LogP contribution in [0.5, 0.6) is 5.75 Å². The number of nitrogens with zero attached hydrogens (tertiary/aromatic N) is 1. The molecule has 2 heterocycles. The second-order valence-electron chi connectivity index (χ2n) is 6.62. The van der Waals surface area contributed by atoms with Gasteiger partial charge >= 0.3 is 0 Å². The topological polar surface area (TPSA) is 84.1 Å². The van der Waals surface area contributed by atoms with Crippen molar-refractivity contribution < 1.29 is 23.4 Å². The van der Waals surface area contributed by atoms with Gasteiger partial charge in [-0.3, -0.25) is 4.79 Å². The number of phenolic OH excluding ortho intramolecular Hbond substituents is 1. The number of amides is 1. The number of aromatic hydroxyl groups is 1. The molecule has 28 heavy (non-hydrogen) atoms. The molecule has 1 saturated heterocycles. The highest BCUT2D eigenvalue weighted by Crippen LogP contribution is 2.20. The molecule has 0 bridgehead atoms. The van der Waals surface area contributed by atoms with Gasteiger partial charge in [0.15, 0.2) is 0 Å². The van der Waals surface area contributed by atoms with Crippen LogP contribution in [0.25, 0.3) is 11.0 Å². The summed E-state index contributed by atoms with van der Waals surface area (Å²) in [4.78, 5) is 17.1. The summed E-state index contributed by atoms with van der Waals surface area (Å²) in [5.41, 5.74) is 1.16. The smallest absolute Gasteiger partial charge is 0.256 e. The van der Waals surface area contributed by atoms with E-state index in [1.807, 2.05) is 0 Å². The van der Waals surface area contributed by atoms with Crippen molar-refractivity contribution in [3.63, 3.8) is 0 Å². The Bertz CT molecular complexity index is 1070. The molecule has 144 valence electrons. The van der Waals surface area contributed by atoms with E-state index >= 15 is 0 Å². The number of phenols is 1. The number of benzene rings is 2. The SMILES string of the molecule is O=C(NC[C@@H]1CCCO1)c1cc2ccc(O)cc2oc1=Nc1ccc(F)cc1. The highest BCUT2D eigenvalue weighted by Gasteiger charge is 2.18. The molecule has 6 nitrogen and oxygen atoms in total. The Labute approximate surface area is 160 Å². The maximum absolute atomic E-state index is 13.2. The second kappa shape index (κ2) is 7.82. The minimum absolute atomic E-state index is 0.00998. The lowest BCUT2D eigenvalue weighted by molar-refractivity contribution is 0.0854. The zero-order valence-electron chi connectivity index (χ0n) is 15.0. The fraction of sp³-hybridized carbons (Fsp3) is 0.238. The highest BCUT2D eigenvalue weighted by atomic mass is 19.1. The largest absolute Gasteiger partial charge is 0.508 e. The first-order valence-electron chi connectivity index (χ1n) is 9.05. The highest BCUT2D eigenvalue weighted by molar-refractivity contribution is 5.96. The van der Waals surface area contributed by atoms with Gasteiger partial charge in [0, 0.05) is 24.6 Å². The van der Waals surface area contributed by atoms with Crippen LogP contribution < -0.4 is 10.9 Å². The molecule has 0 radical (unpaired) electrons. The van der Waals surface area contributed by atoms with E-state index in [1.54, 1.807) is 12.1 Å². The number of carbonyl (C=O) groups excluding carboxylic acids is 1. The Kier molecular flexibility index (Phi) is 5.08. The normalized spacial score (nSPS) is 17.2. The zero-order chi connectivity index (χ0) is 19.5. The first-order valence-corrected chi connectivity index (χ1v) is 9.05. The fourth-order valence-corrected chi connectivity index (χ4v) is 3.09. The van der Waals surface area contributed by atoms with Gasteiger partial charge in [0.05, 0.1) is 11.8 Å². The first kappa shape index (κ1) is 18.2. The Balaban J connectivity index is 1.74. The standard InChI is InChI=1S/C21H19FN2O4/c22-14-4-6-15(7-5-14)24-21-18(20(26)23-12-17-2-1-9-27-17)10-13-3-8-16(25)11-19(13)28-21/h3-8,10-11,17,25H,1-2,9,12H2,(H,23,26)/t17-/m0/s1. The number of fused-ring (bicyclic) bond motifs is 1. The number of rotatable bonds is 4. The number of hydrogen-bond acceptors (Lipinski definition) is 5. The van der Waals surface area contributed by atoms with E-state index in [0.717, 1.165) is 12.8 Å². The van der Waals surface area contributed by atoms with Crippen molar-refractivity contribution >= 4 is 22.6 Å². The number of carbonyl (C=O) groups is 1. The van der Waals surface area contributed by atoms with Gasteiger partial charge in [0.1, 0.15) is 22.7 Å².